The Labute approximate surface area is 180 Å². The molecule has 0 N–H and O–H groups in total. The summed E-state index contributed by atoms with van der Waals surface area (Å²) >= 11 is 6.03. The van der Waals surface area contributed by atoms with Crippen LogP contribution < -0.4 is 9.80 Å². The van der Waals surface area contributed by atoms with Gasteiger partial charge < -0.3 is 9.80 Å². The van der Waals surface area contributed by atoms with Crippen molar-refractivity contribution >= 4 is 34.7 Å². The molecular formula is C20H18ClF3N4O3. The van der Waals surface area contributed by atoms with Crippen molar-refractivity contribution < 1.29 is 22.9 Å². The molecule has 0 unspecified atom stereocenters. The van der Waals surface area contributed by atoms with E-state index in [-0.39, 0.29) is 28.4 Å². The second kappa shape index (κ2) is 7.99. The summed E-state index contributed by atoms with van der Waals surface area (Å²) in [4.78, 5) is 30.9. The zero-order valence-corrected chi connectivity index (χ0v) is 17.0. The molecule has 164 valence electrons. The Bertz CT molecular complexity index is 1040. The number of halogens is 4. The van der Waals surface area contributed by atoms with Crippen LogP contribution in [0.3, 0.4) is 0 Å². The van der Waals surface area contributed by atoms with Crippen molar-refractivity contribution in [1.82, 2.24) is 4.98 Å². The molecule has 11 heteroatoms. The third kappa shape index (κ3) is 4.16. The number of nitro benzene ring substituents is 1. The number of piperidine rings is 1. The predicted molar refractivity (Wildman–Crippen MR) is 108 cm³/mol. The second-order valence-electron chi connectivity index (χ2n) is 7.60. The Kier molecular flexibility index (Phi) is 5.50. The lowest BCUT2D eigenvalue weighted by Gasteiger charge is -2.34. The van der Waals surface area contributed by atoms with E-state index in [0.29, 0.717) is 44.6 Å². The lowest BCUT2D eigenvalue weighted by Crippen LogP contribution is -2.42. The maximum atomic E-state index is 13.1. The third-order valence-corrected chi connectivity index (χ3v) is 6.01. The van der Waals surface area contributed by atoms with E-state index in [9.17, 15) is 28.1 Å². The van der Waals surface area contributed by atoms with E-state index in [4.69, 9.17) is 11.6 Å². The molecule has 7 nitrogen and oxygen atoms in total. The molecule has 4 rings (SSSR count). The van der Waals surface area contributed by atoms with Crippen LogP contribution in [0.1, 0.15) is 24.0 Å². The fraction of sp³-hybridized carbons (Fsp3) is 0.400. The van der Waals surface area contributed by atoms with Gasteiger partial charge in [-0.2, -0.15) is 13.2 Å². The van der Waals surface area contributed by atoms with Crippen LogP contribution in [0.25, 0.3) is 0 Å². The third-order valence-electron chi connectivity index (χ3n) is 5.73. The molecule has 1 aromatic carbocycles. The Morgan fingerprint density at radius 3 is 2.52 bits per heavy atom. The number of amides is 1. The molecular weight excluding hydrogens is 437 g/mol. The van der Waals surface area contributed by atoms with E-state index in [1.54, 1.807) is 15.9 Å². The van der Waals surface area contributed by atoms with Crippen molar-refractivity contribution in [2.24, 2.45) is 5.92 Å². The molecule has 0 aliphatic carbocycles. The first-order valence-corrected chi connectivity index (χ1v) is 10.1. The summed E-state index contributed by atoms with van der Waals surface area (Å²) in [5, 5.41) is 11.0. The van der Waals surface area contributed by atoms with Crippen LogP contribution in [-0.2, 0) is 17.4 Å². The average molecular weight is 455 g/mol. The van der Waals surface area contributed by atoms with Crippen molar-refractivity contribution in [2.75, 3.05) is 29.4 Å². The van der Waals surface area contributed by atoms with Gasteiger partial charge >= 0.3 is 6.18 Å². The standard InChI is InChI=1S/C20H18ClF3N4O3/c21-16-9-14(20(22,23)24)11-25-18(16)26-6-3-13(4-7-26)19(29)27-8-5-12-1-2-15(28(30)31)10-17(12)27/h1-2,9-11,13H,3-8H2. The van der Waals surface area contributed by atoms with Crippen LogP contribution in [0.15, 0.2) is 30.5 Å². The highest BCUT2D eigenvalue weighted by Gasteiger charge is 2.35. The van der Waals surface area contributed by atoms with Crippen molar-refractivity contribution in [3.05, 3.63) is 56.7 Å². The number of nitrogens with zero attached hydrogens (tertiary/aromatic N) is 4. The van der Waals surface area contributed by atoms with Gasteiger partial charge in [-0.05, 0) is 30.9 Å². The summed E-state index contributed by atoms with van der Waals surface area (Å²) < 4.78 is 38.4. The summed E-state index contributed by atoms with van der Waals surface area (Å²) in [6, 6.07) is 5.41. The van der Waals surface area contributed by atoms with Gasteiger partial charge in [0.05, 0.1) is 21.2 Å². The average Bonchev–Trinajstić information content (AvgIpc) is 3.16. The number of rotatable bonds is 3. The molecule has 1 amide bonds. The van der Waals surface area contributed by atoms with Crippen LogP contribution in [0, 0.1) is 16.0 Å². The topological polar surface area (TPSA) is 79.6 Å². The Morgan fingerprint density at radius 2 is 1.90 bits per heavy atom. The number of hydrogen-bond donors (Lipinski definition) is 0. The number of hydrogen-bond acceptors (Lipinski definition) is 5. The van der Waals surface area contributed by atoms with Crippen LogP contribution in [0.5, 0.6) is 0 Å². The van der Waals surface area contributed by atoms with Crippen molar-refractivity contribution in [2.45, 2.75) is 25.4 Å². The van der Waals surface area contributed by atoms with Crippen molar-refractivity contribution in [3.63, 3.8) is 0 Å². The number of aromatic nitrogens is 1. The number of non-ortho nitro benzene ring substituents is 1. The number of fused-ring (bicyclic) bond motifs is 1. The molecule has 3 heterocycles. The van der Waals surface area contributed by atoms with Gasteiger partial charge in [-0.25, -0.2) is 4.98 Å². The molecule has 1 fully saturated rings. The number of benzene rings is 1. The number of alkyl halides is 3. The predicted octanol–water partition coefficient (Wildman–Crippen LogP) is 4.47. The molecule has 1 saturated heterocycles. The van der Waals surface area contributed by atoms with Crippen LogP contribution >= 0.6 is 11.6 Å². The smallest absolute Gasteiger partial charge is 0.355 e. The van der Waals surface area contributed by atoms with Crippen molar-refractivity contribution in [1.29, 1.82) is 0 Å². The number of carbonyl (C=O) groups is 1. The summed E-state index contributed by atoms with van der Waals surface area (Å²) in [5.74, 6) is -0.109. The molecule has 0 radical (unpaired) electrons. The normalized spacial score (nSPS) is 17.0. The van der Waals surface area contributed by atoms with E-state index >= 15 is 0 Å². The SMILES string of the molecule is O=C(C1CCN(c2ncc(C(F)(F)F)cc2Cl)CC1)N1CCc2ccc([N+](=O)[O-])cc21. The molecule has 0 spiro atoms. The first-order chi connectivity index (χ1) is 14.6. The Hall–Kier alpha value is -2.88. The summed E-state index contributed by atoms with van der Waals surface area (Å²) in [6.45, 7) is 1.32. The summed E-state index contributed by atoms with van der Waals surface area (Å²) in [6.07, 6.45) is -2.15. The molecule has 31 heavy (non-hydrogen) atoms. The number of anilines is 2. The molecule has 2 aromatic rings. The van der Waals surface area contributed by atoms with Gasteiger partial charge in [-0.15, -0.1) is 0 Å². The van der Waals surface area contributed by atoms with E-state index < -0.39 is 16.7 Å². The number of pyridine rings is 1. The van der Waals surface area contributed by atoms with Gasteiger partial charge in [0, 0.05) is 43.9 Å². The number of nitro groups is 1. The van der Waals surface area contributed by atoms with Gasteiger partial charge in [-0.1, -0.05) is 17.7 Å². The van der Waals surface area contributed by atoms with E-state index in [2.05, 4.69) is 4.98 Å². The van der Waals surface area contributed by atoms with Gasteiger partial charge in [0.1, 0.15) is 5.82 Å². The largest absolute Gasteiger partial charge is 0.417 e. The maximum Gasteiger partial charge on any atom is 0.417 e. The highest BCUT2D eigenvalue weighted by Crippen LogP contribution is 2.36. The zero-order chi connectivity index (χ0) is 22.3. The van der Waals surface area contributed by atoms with Crippen LogP contribution in [0.2, 0.25) is 5.02 Å². The van der Waals surface area contributed by atoms with Gasteiger partial charge in [-0.3, -0.25) is 14.9 Å². The maximum absolute atomic E-state index is 13.1. The van der Waals surface area contributed by atoms with E-state index in [0.717, 1.165) is 17.8 Å². The van der Waals surface area contributed by atoms with Gasteiger partial charge in [0.25, 0.3) is 5.69 Å². The molecule has 2 aliphatic rings. The lowest BCUT2D eigenvalue weighted by molar-refractivity contribution is -0.384. The minimum Gasteiger partial charge on any atom is -0.355 e. The first kappa shape index (κ1) is 21.4. The van der Waals surface area contributed by atoms with Gasteiger partial charge in [0.15, 0.2) is 0 Å². The quantitative estimate of drug-likeness (QED) is 0.505. The number of carbonyl (C=O) groups excluding carboxylic acids is 1. The highest BCUT2D eigenvalue weighted by molar-refractivity contribution is 6.33. The summed E-state index contributed by atoms with van der Waals surface area (Å²) in [5.41, 5.74) is 0.510. The van der Waals surface area contributed by atoms with E-state index in [1.807, 2.05) is 0 Å². The molecule has 1 aromatic heterocycles. The van der Waals surface area contributed by atoms with Crippen LogP contribution in [-0.4, -0.2) is 35.4 Å². The molecule has 0 bridgehead atoms. The molecule has 2 aliphatic heterocycles. The monoisotopic (exact) mass is 454 g/mol. The Morgan fingerprint density at radius 1 is 1.19 bits per heavy atom. The lowest BCUT2D eigenvalue weighted by atomic mass is 9.95. The minimum absolute atomic E-state index is 0.0590. The van der Waals surface area contributed by atoms with Crippen LogP contribution in [0.4, 0.5) is 30.4 Å². The first-order valence-electron chi connectivity index (χ1n) is 9.71. The minimum atomic E-state index is -4.52. The fourth-order valence-electron chi connectivity index (χ4n) is 4.09. The Balaban J connectivity index is 1.44. The van der Waals surface area contributed by atoms with Crippen molar-refractivity contribution in [3.8, 4) is 0 Å². The molecule has 0 saturated carbocycles. The zero-order valence-electron chi connectivity index (χ0n) is 16.2. The highest BCUT2D eigenvalue weighted by atomic mass is 35.5. The molecule has 0 atom stereocenters. The van der Waals surface area contributed by atoms with Gasteiger partial charge in [0.2, 0.25) is 5.91 Å². The summed E-state index contributed by atoms with van der Waals surface area (Å²) in [7, 11) is 0. The second-order valence-corrected chi connectivity index (χ2v) is 8.01. The fourth-order valence-corrected chi connectivity index (χ4v) is 4.37. The van der Waals surface area contributed by atoms with E-state index in [1.165, 1.54) is 12.1 Å².